The van der Waals surface area contributed by atoms with Crippen LogP contribution in [-0.2, 0) is 4.79 Å². The Balaban J connectivity index is 1.87. The molecule has 1 heterocycles. The van der Waals surface area contributed by atoms with E-state index in [-0.39, 0.29) is 11.3 Å². The lowest BCUT2D eigenvalue weighted by Gasteiger charge is -2.35. The van der Waals surface area contributed by atoms with Crippen LogP contribution >= 0.6 is 0 Å². The number of hydrogen-bond donors (Lipinski definition) is 2. The summed E-state index contributed by atoms with van der Waals surface area (Å²) in [6.07, 6.45) is 4.16. The highest BCUT2D eigenvalue weighted by atomic mass is 16.2. The van der Waals surface area contributed by atoms with Crippen molar-refractivity contribution in [3.05, 3.63) is 0 Å². The molecule has 1 saturated carbocycles. The molecule has 0 aromatic rings. The molecule has 5 heteroatoms. The molecule has 0 aromatic heterocycles. The van der Waals surface area contributed by atoms with Gasteiger partial charge in [0.15, 0.2) is 0 Å². The van der Waals surface area contributed by atoms with Crippen LogP contribution in [0, 0.1) is 5.41 Å². The first-order chi connectivity index (χ1) is 8.16. The van der Waals surface area contributed by atoms with Gasteiger partial charge in [-0.05, 0) is 19.9 Å². The van der Waals surface area contributed by atoms with E-state index in [0.29, 0.717) is 6.54 Å². The van der Waals surface area contributed by atoms with Crippen molar-refractivity contribution < 1.29 is 4.79 Å². The second-order valence-electron chi connectivity index (χ2n) is 5.42. The van der Waals surface area contributed by atoms with Gasteiger partial charge in [0.05, 0.1) is 5.41 Å². The fraction of sp³-hybridized carbons (Fsp3) is 0.917. The van der Waals surface area contributed by atoms with Crippen molar-refractivity contribution in [3.63, 3.8) is 0 Å². The number of nitrogens with zero attached hydrogens (tertiary/aromatic N) is 2. The minimum atomic E-state index is -0.288. The highest BCUT2D eigenvalue weighted by Gasteiger charge is 2.40. The normalized spacial score (nSPS) is 26.0. The first-order valence-electron chi connectivity index (χ1n) is 6.61. The second-order valence-corrected chi connectivity index (χ2v) is 5.42. The third-order valence-electron chi connectivity index (χ3n) is 4.20. The number of hydrazine groups is 1. The Bertz CT molecular complexity index is 268. The van der Waals surface area contributed by atoms with Gasteiger partial charge in [-0.25, -0.2) is 5.01 Å². The number of amides is 1. The largest absolute Gasteiger partial charge is 0.329 e. The van der Waals surface area contributed by atoms with Crippen molar-refractivity contribution in [1.82, 2.24) is 15.3 Å². The number of nitrogens with two attached hydrogens (primary N) is 1. The molecule has 2 rings (SSSR count). The summed E-state index contributed by atoms with van der Waals surface area (Å²) >= 11 is 0. The van der Waals surface area contributed by atoms with Crippen LogP contribution in [0.25, 0.3) is 0 Å². The minimum Gasteiger partial charge on any atom is -0.329 e. The van der Waals surface area contributed by atoms with Crippen molar-refractivity contribution >= 4 is 5.91 Å². The topological polar surface area (TPSA) is 61.6 Å². The molecule has 0 unspecified atom stereocenters. The maximum Gasteiger partial charge on any atom is 0.241 e. The Morgan fingerprint density at radius 2 is 1.82 bits per heavy atom. The van der Waals surface area contributed by atoms with Crippen molar-refractivity contribution in [3.8, 4) is 0 Å². The van der Waals surface area contributed by atoms with Crippen LogP contribution in [0.2, 0.25) is 0 Å². The Labute approximate surface area is 103 Å². The predicted molar refractivity (Wildman–Crippen MR) is 67.2 cm³/mol. The summed E-state index contributed by atoms with van der Waals surface area (Å²) in [5.41, 5.74) is 8.58. The van der Waals surface area contributed by atoms with E-state index < -0.39 is 0 Å². The van der Waals surface area contributed by atoms with E-state index in [2.05, 4.69) is 17.4 Å². The van der Waals surface area contributed by atoms with Gasteiger partial charge >= 0.3 is 0 Å². The number of hydrogen-bond acceptors (Lipinski definition) is 4. The van der Waals surface area contributed by atoms with Crippen LogP contribution in [0.5, 0.6) is 0 Å². The van der Waals surface area contributed by atoms with Crippen molar-refractivity contribution in [2.45, 2.75) is 25.7 Å². The Hall–Kier alpha value is -0.650. The van der Waals surface area contributed by atoms with Crippen molar-refractivity contribution in [1.29, 1.82) is 0 Å². The average molecular weight is 240 g/mol. The van der Waals surface area contributed by atoms with Crippen molar-refractivity contribution in [2.75, 3.05) is 39.8 Å². The standard InChI is InChI=1S/C12H24N4O/c1-15-6-8-16(9-7-15)14-11(17)12(10-13)4-2-3-5-12/h2-10,13H2,1H3,(H,14,17). The third kappa shape index (κ3) is 2.78. The smallest absolute Gasteiger partial charge is 0.241 e. The maximum absolute atomic E-state index is 12.3. The summed E-state index contributed by atoms with van der Waals surface area (Å²) in [6, 6.07) is 0. The molecule has 98 valence electrons. The summed E-state index contributed by atoms with van der Waals surface area (Å²) in [5.74, 6) is 0.141. The number of likely N-dealkylation sites (N-methyl/N-ethyl adjacent to an activating group) is 1. The van der Waals surface area contributed by atoms with E-state index in [1.165, 1.54) is 0 Å². The Morgan fingerprint density at radius 1 is 1.24 bits per heavy atom. The number of carbonyl (C=O) groups excluding carboxylic acids is 1. The number of carbonyl (C=O) groups is 1. The van der Waals surface area contributed by atoms with Gasteiger partial charge in [0, 0.05) is 32.7 Å². The molecular formula is C12H24N4O. The van der Waals surface area contributed by atoms with E-state index >= 15 is 0 Å². The fourth-order valence-corrected chi connectivity index (χ4v) is 2.76. The zero-order valence-electron chi connectivity index (χ0n) is 10.7. The quantitative estimate of drug-likeness (QED) is 0.716. The second kappa shape index (κ2) is 5.33. The van der Waals surface area contributed by atoms with Gasteiger partial charge in [-0.3, -0.25) is 10.2 Å². The first-order valence-corrected chi connectivity index (χ1v) is 6.61. The lowest BCUT2D eigenvalue weighted by Crippen LogP contribution is -2.56. The van der Waals surface area contributed by atoms with Crippen LogP contribution in [-0.4, -0.2) is 55.6 Å². The number of piperazine rings is 1. The molecule has 0 bridgehead atoms. The van der Waals surface area contributed by atoms with Crippen LogP contribution in [0.4, 0.5) is 0 Å². The summed E-state index contributed by atoms with van der Waals surface area (Å²) in [5, 5.41) is 2.04. The van der Waals surface area contributed by atoms with Gasteiger partial charge < -0.3 is 10.6 Å². The van der Waals surface area contributed by atoms with E-state index in [4.69, 9.17) is 5.73 Å². The van der Waals surface area contributed by atoms with Gasteiger partial charge in [0.25, 0.3) is 0 Å². The summed E-state index contributed by atoms with van der Waals surface area (Å²) in [7, 11) is 2.11. The molecule has 17 heavy (non-hydrogen) atoms. The molecule has 1 saturated heterocycles. The van der Waals surface area contributed by atoms with E-state index in [1.807, 2.05) is 5.01 Å². The van der Waals surface area contributed by atoms with Gasteiger partial charge in [0.2, 0.25) is 5.91 Å². The summed E-state index contributed by atoms with van der Waals surface area (Å²) in [4.78, 5) is 14.6. The van der Waals surface area contributed by atoms with E-state index in [0.717, 1.165) is 51.9 Å². The summed E-state index contributed by atoms with van der Waals surface area (Å²) < 4.78 is 0. The minimum absolute atomic E-state index is 0.141. The molecule has 0 atom stereocenters. The lowest BCUT2D eigenvalue weighted by molar-refractivity contribution is -0.136. The molecule has 1 amide bonds. The van der Waals surface area contributed by atoms with Gasteiger partial charge in [-0.2, -0.15) is 0 Å². The van der Waals surface area contributed by atoms with Crippen molar-refractivity contribution in [2.24, 2.45) is 11.1 Å². The summed E-state index contributed by atoms with van der Waals surface area (Å²) in [6.45, 7) is 4.31. The maximum atomic E-state index is 12.3. The van der Waals surface area contributed by atoms with Gasteiger partial charge in [-0.15, -0.1) is 0 Å². The first kappa shape index (κ1) is 12.8. The lowest BCUT2D eigenvalue weighted by atomic mass is 9.85. The molecule has 2 fully saturated rings. The number of nitrogens with one attached hydrogen (secondary N) is 1. The zero-order chi connectivity index (χ0) is 12.3. The highest BCUT2D eigenvalue weighted by Crippen LogP contribution is 2.37. The van der Waals surface area contributed by atoms with Crippen LogP contribution in [0.1, 0.15) is 25.7 Å². The van der Waals surface area contributed by atoms with E-state index in [9.17, 15) is 4.79 Å². The Morgan fingerprint density at radius 3 is 2.35 bits per heavy atom. The van der Waals surface area contributed by atoms with Gasteiger partial charge in [0.1, 0.15) is 0 Å². The molecule has 0 radical (unpaired) electrons. The van der Waals surface area contributed by atoms with E-state index in [1.54, 1.807) is 0 Å². The molecule has 0 spiro atoms. The zero-order valence-corrected chi connectivity index (χ0v) is 10.7. The molecule has 1 aliphatic carbocycles. The molecule has 0 aromatic carbocycles. The van der Waals surface area contributed by atoms with Crippen LogP contribution in [0.3, 0.4) is 0 Å². The SMILES string of the molecule is CN1CCN(NC(=O)C2(CN)CCCC2)CC1. The van der Waals surface area contributed by atoms with Crippen LogP contribution in [0.15, 0.2) is 0 Å². The predicted octanol–water partition coefficient (Wildman–Crippen LogP) is -0.216. The molecule has 2 aliphatic rings. The number of rotatable bonds is 3. The highest BCUT2D eigenvalue weighted by molar-refractivity contribution is 5.82. The van der Waals surface area contributed by atoms with Crippen LogP contribution < -0.4 is 11.2 Å². The molecular weight excluding hydrogens is 216 g/mol. The third-order valence-corrected chi connectivity index (χ3v) is 4.20. The monoisotopic (exact) mass is 240 g/mol. The average Bonchev–Trinajstić information content (AvgIpc) is 2.82. The molecule has 3 N–H and O–H groups in total. The molecule has 1 aliphatic heterocycles. The Kier molecular flexibility index (Phi) is 4.01. The van der Waals surface area contributed by atoms with Gasteiger partial charge in [-0.1, -0.05) is 12.8 Å². The fourth-order valence-electron chi connectivity index (χ4n) is 2.76. The molecule has 5 nitrogen and oxygen atoms in total.